The van der Waals surface area contributed by atoms with Crippen LogP contribution < -0.4 is 15.0 Å². The van der Waals surface area contributed by atoms with Gasteiger partial charge in [0.2, 0.25) is 0 Å². The first-order chi connectivity index (χ1) is 13.1. The fraction of sp³-hybridized carbons (Fsp3) is 0.350. The van der Waals surface area contributed by atoms with E-state index in [0.29, 0.717) is 12.9 Å². The highest BCUT2D eigenvalue weighted by molar-refractivity contribution is 8.14. The zero-order chi connectivity index (χ0) is 19.5. The van der Waals surface area contributed by atoms with Crippen LogP contribution in [0.4, 0.5) is 10.6 Å². The van der Waals surface area contributed by atoms with Crippen LogP contribution in [-0.4, -0.2) is 48.5 Å². The molecule has 1 heterocycles. The van der Waals surface area contributed by atoms with E-state index in [9.17, 15) is 9.59 Å². The summed E-state index contributed by atoms with van der Waals surface area (Å²) in [5.74, 6) is 1.73. The Labute approximate surface area is 164 Å². The number of nitrogens with one attached hydrogen (secondary N) is 1. The number of anilines is 1. The second-order valence-corrected chi connectivity index (χ2v) is 7.48. The summed E-state index contributed by atoms with van der Waals surface area (Å²) in [6.45, 7) is 3.35. The van der Waals surface area contributed by atoms with Gasteiger partial charge in [-0.25, -0.2) is 4.98 Å². The highest BCUT2D eigenvalue weighted by Gasteiger charge is 2.10. The van der Waals surface area contributed by atoms with E-state index in [1.807, 2.05) is 61.3 Å². The normalized spacial score (nSPS) is 11.5. The predicted octanol–water partition coefficient (Wildman–Crippen LogP) is 3.17. The molecule has 0 saturated carbocycles. The maximum atomic E-state index is 11.6. The van der Waals surface area contributed by atoms with E-state index in [-0.39, 0.29) is 17.0 Å². The molecule has 1 amide bonds. The van der Waals surface area contributed by atoms with Crippen molar-refractivity contribution >= 4 is 29.1 Å². The first kappa shape index (κ1) is 20.8. The van der Waals surface area contributed by atoms with Crippen LogP contribution in [0.2, 0.25) is 0 Å². The number of carbonyl (C=O) groups is 2. The van der Waals surface area contributed by atoms with E-state index in [4.69, 9.17) is 4.74 Å². The summed E-state index contributed by atoms with van der Waals surface area (Å²) in [4.78, 5) is 28.2. The average Bonchev–Trinajstić information content (AvgIpc) is 2.68. The van der Waals surface area contributed by atoms with E-state index < -0.39 is 0 Å². The van der Waals surface area contributed by atoms with Gasteiger partial charge in [0.15, 0.2) is 0 Å². The van der Waals surface area contributed by atoms with Crippen LogP contribution in [0.5, 0.6) is 5.75 Å². The lowest BCUT2D eigenvalue weighted by atomic mass is 10.1. The first-order valence-electron chi connectivity index (χ1n) is 8.80. The number of amides is 1. The van der Waals surface area contributed by atoms with Gasteiger partial charge in [-0.05, 0) is 36.2 Å². The number of aldehydes is 1. The molecule has 1 unspecified atom stereocenters. The average molecular weight is 388 g/mol. The van der Waals surface area contributed by atoms with Crippen molar-refractivity contribution in [3.63, 3.8) is 0 Å². The van der Waals surface area contributed by atoms with Gasteiger partial charge in [0, 0.05) is 18.5 Å². The second-order valence-electron chi connectivity index (χ2n) is 6.07. The Kier molecular flexibility index (Phi) is 8.64. The summed E-state index contributed by atoms with van der Waals surface area (Å²) in [7, 11) is 1.99. The molecule has 0 aliphatic heterocycles. The van der Waals surface area contributed by atoms with E-state index in [2.05, 4.69) is 10.3 Å². The van der Waals surface area contributed by atoms with Crippen LogP contribution in [-0.2, 0) is 11.2 Å². The molecule has 27 heavy (non-hydrogen) atoms. The maximum Gasteiger partial charge on any atom is 0.279 e. The number of hydrogen-bond acceptors (Lipinski definition) is 6. The Morgan fingerprint density at radius 3 is 2.74 bits per heavy atom. The molecule has 7 heteroatoms. The topological polar surface area (TPSA) is 71.5 Å². The van der Waals surface area contributed by atoms with E-state index in [1.165, 1.54) is 11.8 Å². The third kappa shape index (κ3) is 7.70. The third-order valence-electron chi connectivity index (χ3n) is 3.82. The molecule has 0 spiro atoms. The van der Waals surface area contributed by atoms with Crippen LogP contribution in [0, 0.1) is 0 Å². The van der Waals surface area contributed by atoms with Crippen molar-refractivity contribution in [2.45, 2.75) is 18.6 Å². The number of nitrogens with zero attached hydrogens (tertiary/aromatic N) is 2. The molecule has 0 aliphatic carbocycles. The van der Waals surface area contributed by atoms with Crippen LogP contribution in [0.1, 0.15) is 12.5 Å². The molecule has 6 nitrogen and oxygen atoms in total. The SMILES string of the molecule is CC(Cc1ccc(OCCN(C)c2ccccn2)cc1)SC(=O)NCC=O. The summed E-state index contributed by atoms with van der Waals surface area (Å²) in [6, 6.07) is 13.7. The Morgan fingerprint density at radius 1 is 1.30 bits per heavy atom. The van der Waals surface area contributed by atoms with Crippen molar-refractivity contribution in [1.29, 1.82) is 0 Å². The molecule has 1 aromatic heterocycles. The highest BCUT2D eigenvalue weighted by atomic mass is 32.2. The summed E-state index contributed by atoms with van der Waals surface area (Å²) < 4.78 is 5.80. The van der Waals surface area contributed by atoms with Crippen LogP contribution in [0.15, 0.2) is 48.7 Å². The number of carbonyl (C=O) groups excluding carboxylic acids is 2. The van der Waals surface area contributed by atoms with Crippen molar-refractivity contribution in [2.24, 2.45) is 0 Å². The number of hydrogen-bond donors (Lipinski definition) is 1. The molecule has 1 aromatic carbocycles. The standard InChI is InChI=1S/C20H25N3O3S/c1-16(27-20(25)22-11-13-24)15-17-6-8-18(9-7-17)26-14-12-23(2)19-5-3-4-10-21-19/h3-10,13,16H,11-12,14-15H2,1-2H3,(H,22,25). The smallest absolute Gasteiger partial charge is 0.279 e. The number of aromatic nitrogens is 1. The quantitative estimate of drug-likeness (QED) is 0.632. The molecule has 0 saturated heterocycles. The fourth-order valence-electron chi connectivity index (χ4n) is 2.44. The molecule has 1 atom stereocenters. The Bertz CT molecular complexity index is 710. The van der Waals surface area contributed by atoms with E-state index in [1.54, 1.807) is 6.20 Å². The zero-order valence-corrected chi connectivity index (χ0v) is 16.4. The second kappa shape index (κ2) is 11.2. The van der Waals surface area contributed by atoms with Crippen molar-refractivity contribution in [2.75, 3.05) is 31.6 Å². The highest BCUT2D eigenvalue weighted by Crippen LogP contribution is 2.19. The number of likely N-dealkylation sites (N-methyl/N-ethyl adjacent to an activating group) is 1. The molecule has 0 aliphatic rings. The van der Waals surface area contributed by atoms with Gasteiger partial charge in [-0.1, -0.05) is 36.9 Å². The van der Waals surface area contributed by atoms with Crippen molar-refractivity contribution in [1.82, 2.24) is 10.3 Å². The van der Waals surface area contributed by atoms with Crippen LogP contribution in [0.3, 0.4) is 0 Å². The van der Waals surface area contributed by atoms with E-state index >= 15 is 0 Å². The predicted molar refractivity (Wildman–Crippen MR) is 110 cm³/mol. The Morgan fingerprint density at radius 2 is 2.07 bits per heavy atom. The number of ether oxygens (including phenoxy) is 1. The molecule has 144 valence electrons. The summed E-state index contributed by atoms with van der Waals surface area (Å²) >= 11 is 1.20. The van der Waals surface area contributed by atoms with Gasteiger partial charge in [0.05, 0.1) is 13.1 Å². The van der Waals surface area contributed by atoms with Gasteiger partial charge < -0.3 is 19.7 Å². The molecule has 0 radical (unpaired) electrons. The number of pyridine rings is 1. The van der Waals surface area contributed by atoms with Gasteiger partial charge in [-0.2, -0.15) is 0 Å². The summed E-state index contributed by atoms with van der Waals surface area (Å²) in [5.41, 5.74) is 1.14. The van der Waals surface area contributed by atoms with Gasteiger partial charge in [0.25, 0.3) is 5.24 Å². The minimum Gasteiger partial charge on any atom is -0.492 e. The number of benzene rings is 1. The van der Waals surface area contributed by atoms with Gasteiger partial charge >= 0.3 is 0 Å². The van der Waals surface area contributed by atoms with E-state index in [0.717, 1.165) is 30.1 Å². The fourth-order valence-corrected chi connectivity index (χ4v) is 3.25. The van der Waals surface area contributed by atoms with Gasteiger partial charge in [-0.15, -0.1) is 0 Å². The van der Waals surface area contributed by atoms with Crippen LogP contribution >= 0.6 is 11.8 Å². The number of thioether (sulfide) groups is 1. The Hall–Kier alpha value is -2.54. The van der Waals surface area contributed by atoms with Crippen LogP contribution in [0.25, 0.3) is 0 Å². The van der Waals surface area contributed by atoms with Crippen molar-refractivity contribution in [3.05, 3.63) is 54.2 Å². The monoisotopic (exact) mass is 387 g/mol. The lowest BCUT2D eigenvalue weighted by Gasteiger charge is -2.18. The first-order valence-corrected chi connectivity index (χ1v) is 9.68. The number of rotatable bonds is 10. The van der Waals surface area contributed by atoms with Gasteiger partial charge in [0.1, 0.15) is 24.5 Å². The molecule has 0 bridgehead atoms. The molecule has 1 N–H and O–H groups in total. The minimum atomic E-state index is -0.174. The molecule has 2 aromatic rings. The Balaban J connectivity index is 1.73. The molecular weight excluding hydrogens is 362 g/mol. The third-order valence-corrected chi connectivity index (χ3v) is 4.75. The molecule has 2 rings (SSSR count). The largest absolute Gasteiger partial charge is 0.492 e. The maximum absolute atomic E-state index is 11.6. The summed E-state index contributed by atoms with van der Waals surface area (Å²) in [5, 5.41) is 2.48. The molecular formula is C20H25N3O3S. The summed E-state index contributed by atoms with van der Waals surface area (Å²) in [6.07, 6.45) is 3.22. The van der Waals surface area contributed by atoms with Crippen molar-refractivity contribution < 1.29 is 14.3 Å². The minimum absolute atomic E-state index is 0.0557. The lowest BCUT2D eigenvalue weighted by Crippen LogP contribution is -2.24. The lowest BCUT2D eigenvalue weighted by molar-refractivity contribution is -0.107. The van der Waals surface area contributed by atoms with Gasteiger partial charge in [-0.3, -0.25) is 4.79 Å². The zero-order valence-electron chi connectivity index (χ0n) is 15.6. The molecule has 0 fully saturated rings. The van der Waals surface area contributed by atoms with Crippen molar-refractivity contribution in [3.8, 4) is 5.75 Å².